The van der Waals surface area contributed by atoms with E-state index in [9.17, 15) is 0 Å². The number of ether oxygens (including phenoxy) is 1. The van der Waals surface area contributed by atoms with Gasteiger partial charge < -0.3 is 15.4 Å². The third kappa shape index (κ3) is 2.18. The molecule has 16 heavy (non-hydrogen) atoms. The first kappa shape index (κ1) is 11.0. The van der Waals surface area contributed by atoms with Crippen molar-refractivity contribution in [3.8, 4) is 5.75 Å². The zero-order valence-electron chi connectivity index (χ0n) is 9.95. The number of rotatable bonds is 5. The van der Waals surface area contributed by atoms with Crippen LogP contribution in [-0.4, -0.2) is 30.7 Å². The lowest BCUT2D eigenvalue weighted by Crippen LogP contribution is -2.09. The van der Waals surface area contributed by atoms with Crippen LogP contribution in [0.25, 0.3) is 0 Å². The van der Waals surface area contributed by atoms with Gasteiger partial charge >= 0.3 is 0 Å². The number of nitrogens with one attached hydrogen (secondary N) is 2. The van der Waals surface area contributed by atoms with Gasteiger partial charge in [0.1, 0.15) is 6.33 Å². The summed E-state index contributed by atoms with van der Waals surface area (Å²) >= 11 is 0. The van der Waals surface area contributed by atoms with E-state index in [1.807, 2.05) is 7.05 Å². The predicted molar refractivity (Wildman–Crippen MR) is 63.9 cm³/mol. The van der Waals surface area contributed by atoms with Crippen molar-refractivity contribution in [1.29, 1.82) is 0 Å². The fourth-order valence-corrected chi connectivity index (χ4v) is 1.78. The molecule has 0 radical (unpaired) electrons. The molecule has 2 rings (SSSR count). The third-order valence-corrected chi connectivity index (χ3v) is 3.05. The summed E-state index contributed by atoms with van der Waals surface area (Å²) in [5.74, 6) is 3.77. The van der Waals surface area contributed by atoms with Crippen LogP contribution < -0.4 is 15.4 Å². The third-order valence-electron chi connectivity index (χ3n) is 3.05. The molecule has 1 aromatic rings. The van der Waals surface area contributed by atoms with Gasteiger partial charge in [-0.05, 0) is 18.3 Å². The van der Waals surface area contributed by atoms with Gasteiger partial charge in [0.2, 0.25) is 5.75 Å². The maximum Gasteiger partial charge on any atom is 0.204 e. The lowest BCUT2D eigenvalue weighted by atomic mass is 10.3. The average Bonchev–Trinajstić information content (AvgIpc) is 3.02. The predicted octanol–water partition coefficient (Wildman–Crippen LogP) is 1.59. The maximum atomic E-state index is 5.30. The highest BCUT2D eigenvalue weighted by molar-refractivity contribution is 5.63. The summed E-state index contributed by atoms with van der Waals surface area (Å²) in [5, 5.41) is 6.30. The number of hydrogen-bond acceptors (Lipinski definition) is 5. The highest BCUT2D eigenvalue weighted by Crippen LogP contribution is 2.38. The summed E-state index contributed by atoms with van der Waals surface area (Å²) in [6.07, 6.45) is 2.84. The SMILES string of the molecule is CNc1ncnc(NCC2CC2C)c1OC. The normalized spacial score (nSPS) is 22.7. The Morgan fingerprint density at radius 2 is 2.12 bits per heavy atom. The Morgan fingerprint density at radius 1 is 1.44 bits per heavy atom. The zero-order chi connectivity index (χ0) is 11.5. The Labute approximate surface area is 95.6 Å². The van der Waals surface area contributed by atoms with Crippen LogP contribution >= 0.6 is 0 Å². The molecule has 1 aliphatic carbocycles. The van der Waals surface area contributed by atoms with Gasteiger partial charge in [-0.25, -0.2) is 9.97 Å². The van der Waals surface area contributed by atoms with Gasteiger partial charge in [-0.15, -0.1) is 0 Å². The summed E-state index contributed by atoms with van der Waals surface area (Å²) in [6, 6.07) is 0. The minimum Gasteiger partial charge on any atom is -0.490 e. The van der Waals surface area contributed by atoms with Crippen molar-refractivity contribution >= 4 is 11.6 Å². The minimum atomic E-state index is 0.679. The quantitative estimate of drug-likeness (QED) is 0.792. The van der Waals surface area contributed by atoms with Crippen molar-refractivity contribution in [3.05, 3.63) is 6.33 Å². The van der Waals surface area contributed by atoms with Gasteiger partial charge in [0.05, 0.1) is 7.11 Å². The second-order valence-electron chi connectivity index (χ2n) is 4.21. The summed E-state index contributed by atoms with van der Waals surface area (Å²) in [4.78, 5) is 8.29. The van der Waals surface area contributed by atoms with Gasteiger partial charge in [-0.3, -0.25) is 0 Å². The van der Waals surface area contributed by atoms with Crippen molar-refractivity contribution < 1.29 is 4.74 Å². The first-order chi connectivity index (χ1) is 7.76. The number of anilines is 2. The van der Waals surface area contributed by atoms with E-state index in [0.717, 1.165) is 24.2 Å². The number of nitrogens with zero attached hydrogens (tertiary/aromatic N) is 2. The van der Waals surface area contributed by atoms with E-state index in [1.54, 1.807) is 7.11 Å². The first-order valence-corrected chi connectivity index (χ1v) is 5.56. The fourth-order valence-electron chi connectivity index (χ4n) is 1.78. The Hall–Kier alpha value is -1.52. The molecule has 0 bridgehead atoms. The molecule has 0 saturated heterocycles. The summed E-state index contributed by atoms with van der Waals surface area (Å²) in [5.41, 5.74) is 0. The molecular formula is C11H18N4O. The highest BCUT2D eigenvalue weighted by Gasteiger charge is 2.32. The van der Waals surface area contributed by atoms with E-state index in [1.165, 1.54) is 12.7 Å². The molecule has 1 saturated carbocycles. The summed E-state index contributed by atoms with van der Waals surface area (Å²) < 4.78 is 5.30. The van der Waals surface area contributed by atoms with Crippen LogP contribution in [0.4, 0.5) is 11.6 Å². The minimum absolute atomic E-state index is 0.679. The van der Waals surface area contributed by atoms with E-state index in [0.29, 0.717) is 11.6 Å². The van der Waals surface area contributed by atoms with E-state index in [2.05, 4.69) is 27.5 Å². The van der Waals surface area contributed by atoms with Crippen LogP contribution in [0.5, 0.6) is 5.75 Å². The molecule has 0 aliphatic heterocycles. The van der Waals surface area contributed by atoms with Crippen LogP contribution in [-0.2, 0) is 0 Å². The van der Waals surface area contributed by atoms with E-state index in [-0.39, 0.29) is 0 Å². The van der Waals surface area contributed by atoms with Crippen molar-refractivity contribution in [2.75, 3.05) is 31.3 Å². The molecule has 88 valence electrons. The van der Waals surface area contributed by atoms with Crippen LogP contribution in [0.1, 0.15) is 13.3 Å². The van der Waals surface area contributed by atoms with Crippen LogP contribution in [0.2, 0.25) is 0 Å². The van der Waals surface area contributed by atoms with Crippen molar-refractivity contribution in [2.45, 2.75) is 13.3 Å². The molecule has 1 aliphatic rings. The fraction of sp³-hybridized carbons (Fsp3) is 0.636. The molecule has 5 heteroatoms. The first-order valence-electron chi connectivity index (χ1n) is 5.56. The molecule has 1 aromatic heterocycles. The molecule has 0 aromatic carbocycles. The van der Waals surface area contributed by atoms with E-state index >= 15 is 0 Å². The molecule has 5 nitrogen and oxygen atoms in total. The van der Waals surface area contributed by atoms with E-state index in [4.69, 9.17) is 4.74 Å². The molecule has 2 N–H and O–H groups in total. The molecule has 2 unspecified atom stereocenters. The molecule has 1 heterocycles. The largest absolute Gasteiger partial charge is 0.490 e. The summed E-state index contributed by atoms with van der Waals surface area (Å²) in [6.45, 7) is 3.22. The van der Waals surface area contributed by atoms with Gasteiger partial charge in [-0.2, -0.15) is 0 Å². The molecule has 1 fully saturated rings. The Balaban J connectivity index is 2.06. The van der Waals surface area contributed by atoms with Crippen LogP contribution in [0.3, 0.4) is 0 Å². The summed E-state index contributed by atoms with van der Waals surface area (Å²) in [7, 11) is 3.45. The zero-order valence-corrected chi connectivity index (χ0v) is 9.95. The van der Waals surface area contributed by atoms with Crippen LogP contribution in [0.15, 0.2) is 6.33 Å². The van der Waals surface area contributed by atoms with Gasteiger partial charge in [0.15, 0.2) is 11.6 Å². The van der Waals surface area contributed by atoms with Crippen molar-refractivity contribution in [2.24, 2.45) is 11.8 Å². The topological polar surface area (TPSA) is 59.1 Å². The lowest BCUT2D eigenvalue weighted by Gasteiger charge is -2.12. The Kier molecular flexibility index (Phi) is 3.12. The highest BCUT2D eigenvalue weighted by atomic mass is 16.5. The van der Waals surface area contributed by atoms with Gasteiger partial charge in [-0.1, -0.05) is 6.92 Å². The molecule has 2 atom stereocenters. The average molecular weight is 222 g/mol. The Bertz CT molecular complexity index is 369. The Morgan fingerprint density at radius 3 is 2.69 bits per heavy atom. The van der Waals surface area contributed by atoms with E-state index < -0.39 is 0 Å². The van der Waals surface area contributed by atoms with Gasteiger partial charge in [0.25, 0.3) is 0 Å². The van der Waals surface area contributed by atoms with Gasteiger partial charge in [0, 0.05) is 13.6 Å². The molecule has 0 spiro atoms. The lowest BCUT2D eigenvalue weighted by molar-refractivity contribution is 0.414. The monoisotopic (exact) mass is 222 g/mol. The number of hydrogen-bond donors (Lipinski definition) is 2. The number of aromatic nitrogens is 2. The second-order valence-corrected chi connectivity index (χ2v) is 4.21. The number of methoxy groups -OCH3 is 1. The smallest absolute Gasteiger partial charge is 0.204 e. The van der Waals surface area contributed by atoms with Crippen molar-refractivity contribution in [3.63, 3.8) is 0 Å². The van der Waals surface area contributed by atoms with Crippen molar-refractivity contribution in [1.82, 2.24) is 9.97 Å². The maximum absolute atomic E-state index is 5.30. The second kappa shape index (κ2) is 4.55. The standard InChI is InChI=1S/C11H18N4O/c1-7-4-8(7)5-13-11-9(16-3)10(12-2)14-6-15-11/h6-8H,4-5H2,1-3H3,(H2,12,13,14,15). The molecule has 0 amide bonds. The molecular weight excluding hydrogens is 204 g/mol. The van der Waals surface area contributed by atoms with Crippen LogP contribution in [0, 0.1) is 11.8 Å².